The summed E-state index contributed by atoms with van der Waals surface area (Å²) in [6, 6.07) is 7.00. The molecule has 0 atom stereocenters. The van der Waals surface area contributed by atoms with E-state index in [0.717, 1.165) is 25.9 Å². The number of piperidine rings is 1. The molecule has 2 rings (SSSR count). The lowest BCUT2D eigenvalue weighted by atomic mass is 9.89. The van der Waals surface area contributed by atoms with Gasteiger partial charge in [-0.15, -0.1) is 0 Å². The normalized spacial score (nSPS) is 18.6. The molecule has 1 fully saturated rings. The average Bonchev–Trinajstić information content (AvgIpc) is 2.30. The summed E-state index contributed by atoms with van der Waals surface area (Å²) in [4.78, 5) is 12.5. The molecular weight excluding hydrogens is 204 g/mol. The van der Waals surface area contributed by atoms with Crippen LogP contribution in [0.25, 0.3) is 0 Å². The first-order valence-corrected chi connectivity index (χ1v) is 5.59. The molecule has 1 aliphatic heterocycles. The second kappa shape index (κ2) is 4.61. The molecule has 0 N–H and O–H groups in total. The fourth-order valence-corrected chi connectivity index (χ4v) is 2.21. The van der Waals surface area contributed by atoms with Crippen molar-refractivity contribution >= 4 is 5.69 Å². The second-order valence-electron chi connectivity index (χ2n) is 4.43. The van der Waals surface area contributed by atoms with Gasteiger partial charge in [-0.05, 0) is 44.5 Å². The molecule has 1 aliphatic rings. The zero-order chi connectivity index (χ0) is 11.5. The van der Waals surface area contributed by atoms with Gasteiger partial charge < -0.3 is 4.90 Å². The van der Waals surface area contributed by atoms with Gasteiger partial charge in [-0.3, -0.25) is 10.1 Å². The SMILES string of the molecule is CN1CCC(c2ccc([N+](=O)[O-])cc2)CC1. The summed E-state index contributed by atoms with van der Waals surface area (Å²) >= 11 is 0. The molecule has 0 bridgehead atoms. The van der Waals surface area contributed by atoms with Crippen LogP contribution in [-0.2, 0) is 0 Å². The van der Waals surface area contributed by atoms with Crippen LogP contribution in [0.3, 0.4) is 0 Å². The van der Waals surface area contributed by atoms with Crippen molar-refractivity contribution < 1.29 is 4.92 Å². The van der Waals surface area contributed by atoms with Crippen molar-refractivity contribution in [2.24, 2.45) is 0 Å². The van der Waals surface area contributed by atoms with Crippen molar-refractivity contribution in [1.29, 1.82) is 0 Å². The Morgan fingerprint density at radius 2 is 1.81 bits per heavy atom. The number of benzene rings is 1. The van der Waals surface area contributed by atoms with E-state index in [-0.39, 0.29) is 10.6 Å². The van der Waals surface area contributed by atoms with Gasteiger partial charge in [0.2, 0.25) is 0 Å². The molecule has 4 heteroatoms. The standard InChI is InChI=1S/C12H16N2O2/c1-13-8-6-11(7-9-13)10-2-4-12(5-3-10)14(15)16/h2-5,11H,6-9H2,1H3. The number of rotatable bonds is 2. The van der Waals surface area contributed by atoms with Gasteiger partial charge in [-0.1, -0.05) is 12.1 Å². The Balaban J connectivity index is 2.07. The topological polar surface area (TPSA) is 46.4 Å². The molecule has 0 radical (unpaired) electrons. The van der Waals surface area contributed by atoms with Gasteiger partial charge in [-0.25, -0.2) is 0 Å². The minimum Gasteiger partial charge on any atom is -0.306 e. The Morgan fingerprint density at radius 3 is 2.31 bits per heavy atom. The molecule has 0 saturated carbocycles. The number of likely N-dealkylation sites (tertiary alicyclic amines) is 1. The van der Waals surface area contributed by atoms with Gasteiger partial charge in [0.05, 0.1) is 4.92 Å². The third-order valence-electron chi connectivity index (χ3n) is 3.29. The highest BCUT2D eigenvalue weighted by Crippen LogP contribution is 2.28. The van der Waals surface area contributed by atoms with Gasteiger partial charge in [0.15, 0.2) is 0 Å². The van der Waals surface area contributed by atoms with Crippen LogP contribution in [-0.4, -0.2) is 30.0 Å². The van der Waals surface area contributed by atoms with E-state index in [9.17, 15) is 10.1 Å². The molecule has 1 saturated heterocycles. The molecule has 86 valence electrons. The van der Waals surface area contributed by atoms with E-state index in [0.29, 0.717) is 5.92 Å². The van der Waals surface area contributed by atoms with Crippen LogP contribution >= 0.6 is 0 Å². The lowest BCUT2D eigenvalue weighted by Crippen LogP contribution is -2.29. The minimum absolute atomic E-state index is 0.177. The predicted molar refractivity (Wildman–Crippen MR) is 62.6 cm³/mol. The van der Waals surface area contributed by atoms with Crippen molar-refractivity contribution in [3.8, 4) is 0 Å². The molecule has 0 aliphatic carbocycles. The number of hydrogen-bond donors (Lipinski definition) is 0. The summed E-state index contributed by atoms with van der Waals surface area (Å²) in [6.45, 7) is 2.23. The highest BCUT2D eigenvalue weighted by Gasteiger charge is 2.18. The third kappa shape index (κ3) is 2.39. The van der Waals surface area contributed by atoms with E-state index < -0.39 is 0 Å². The van der Waals surface area contributed by atoms with E-state index in [1.807, 2.05) is 12.1 Å². The van der Waals surface area contributed by atoms with Crippen LogP contribution in [0.15, 0.2) is 24.3 Å². The molecule has 0 spiro atoms. The number of non-ortho nitro benzene ring substituents is 1. The maximum atomic E-state index is 10.5. The van der Waals surface area contributed by atoms with Gasteiger partial charge in [-0.2, -0.15) is 0 Å². The molecule has 16 heavy (non-hydrogen) atoms. The maximum Gasteiger partial charge on any atom is 0.269 e. The molecule has 1 heterocycles. The van der Waals surface area contributed by atoms with Crippen molar-refractivity contribution in [3.05, 3.63) is 39.9 Å². The molecular formula is C12H16N2O2. The van der Waals surface area contributed by atoms with E-state index in [2.05, 4.69) is 11.9 Å². The Kier molecular flexibility index (Phi) is 3.19. The predicted octanol–water partition coefficient (Wildman–Crippen LogP) is 2.40. The Bertz CT molecular complexity index is 367. The van der Waals surface area contributed by atoms with Crippen molar-refractivity contribution in [2.75, 3.05) is 20.1 Å². The summed E-state index contributed by atoms with van der Waals surface area (Å²) in [5.74, 6) is 0.567. The van der Waals surface area contributed by atoms with Crippen LogP contribution < -0.4 is 0 Å². The summed E-state index contributed by atoms with van der Waals surface area (Å²) < 4.78 is 0. The Hall–Kier alpha value is -1.42. The smallest absolute Gasteiger partial charge is 0.269 e. The second-order valence-corrected chi connectivity index (χ2v) is 4.43. The first-order valence-electron chi connectivity index (χ1n) is 5.59. The van der Waals surface area contributed by atoms with E-state index in [1.54, 1.807) is 12.1 Å². The zero-order valence-corrected chi connectivity index (χ0v) is 9.43. The van der Waals surface area contributed by atoms with Crippen LogP contribution in [0.1, 0.15) is 24.3 Å². The van der Waals surface area contributed by atoms with E-state index in [4.69, 9.17) is 0 Å². The van der Waals surface area contributed by atoms with Gasteiger partial charge in [0.25, 0.3) is 5.69 Å². The molecule has 4 nitrogen and oxygen atoms in total. The van der Waals surface area contributed by atoms with Crippen LogP contribution in [0, 0.1) is 10.1 Å². The van der Waals surface area contributed by atoms with E-state index in [1.165, 1.54) is 5.56 Å². The summed E-state index contributed by atoms with van der Waals surface area (Å²) in [6.07, 6.45) is 2.29. The largest absolute Gasteiger partial charge is 0.306 e. The fourth-order valence-electron chi connectivity index (χ4n) is 2.21. The third-order valence-corrected chi connectivity index (χ3v) is 3.29. The highest BCUT2D eigenvalue weighted by molar-refractivity contribution is 5.34. The van der Waals surface area contributed by atoms with Gasteiger partial charge in [0.1, 0.15) is 0 Å². The zero-order valence-electron chi connectivity index (χ0n) is 9.43. The molecule has 1 aromatic carbocycles. The maximum absolute atomic E-state index is 10.5. The first kappa shape index (κ1) is 11.1. The monoisotopic (exact) mass is 220 g/mol. The van der Waals surface area contributed by atoms with E-state index >= 15 is 0 Å². The number of nitro benzene ring substituents is 1. The summed E-state index contributed by atoms with van der Waals surface area (Å²) in [5, 5.41) is 10.5. The Labute approximate surface area is 95.0 Å². The minimum atomic E-state index is -0.349. The van der Waals surface area contributed by atoms with Crippen LogP contribution in [0.5, 0.6) is 0 Å². The number of nitro groups is 1. The van der Waals surface area contributed by atoms with Crippen molar-refractivity contribution in [1.82, 2.24) is 4.90 Å². The lowest BCUT2D eigenvalue weighted by molar-refractivity contribution is -0.384. The quantitative estimate of drug-likeness (QED) is 0.568. The van der Waals surface area contributed by atoms with Crippen LogP contribution in [0.2, 0.25) is 0 Å². The molecule has 0 unspecified atom stereocenters. The average molecular weight is 220 g/mol. The molecule has 1 aromatic rings. The highest BCUT2D eigenvalue weighted by atomic mass is 16.6. The van der Waals surface area contributed by atoms with Gasteiger partial charge >= 0.3 is 0 Å². The molecule has 0 amide bonds. The lowest BCUT2D eigenvalue weighted by Gasteiger charge is -2.29. The Morgan fingerprint density at radius 1 is 1.25 bits per heavy atom. The van der Waals surface area contributed by atoms with Crippen LogP contribution in [0.4, 0.5) is 5.69 Å². The number of hydrogen-bond acceptors (Lipinski definition) is 3. The fraction of sp³-hybridized carbons (Fsp3) is 0.500. The first-order chi connectivity index (χ1) is 7.66. The molecule has 0 aromatic heterocycles. The van der Waals surface area contributed by atoms with Crippen molar-refractivity contribution in [2.45, 2.75) is 18.8 Å². The van der Waals surface area contributed by atoms with Crippen molar-refractivity contribution in [3.63, 3.8) is 0 Å². The summed E-state index contributed by atoms with van der Waals surface area (Å²) in [7, 11) is 2.13. The van der Waals surface area contributed by atoms with Gasteiger partial charge in [0, 0.05) is 12.1 Å². The summed E-state index contributed by atoms with van der Waals surface area (Å²) in [5.41, 5.74) is 1.41. The number of nitrogens with zero attached hydrogens (tertiary/aromatic N) is 2.